The molecule has 9 heteroatoms. The third-order valence-corrected chi connectivity index (χ3v) is 2.70. The maximum absolute atomic E-state index is 10.2. The van der Waals surface area contributed by atoms with Crippen LogP contribution in [0.5, 0.6) is 0 Å². The summed E-state index contributed by atoms with van der Waals surface area (Å²) in [5.74, 6) is 0. The second-order valence-electron chi connectivity index (χ2n) is 3.25. The van der Waals surface area contributed by atoms with Crippen molar-refractivity contribution in [3.05, 3.63) is 0 Å². The van der Waals surface area contributed by atoms with Gasteiger partial charge in [-0.3, -0.25) is 4.52 Å². The summed E-state index contributed by atoms with van der Waals surface area (Å²) in [6, 6.07) is 0. The summed E-state index contributed by atoms with van der Waals surface area (Å²) in [5, 5.41) is 46.0. The average Bonchev–Trinajstić information content (AvgIpc) is 2.18. The molecule has 0 bridgehead atoms. The predicted octanol–water partition coefficient (Wildman–Crippen LogP) is -2.72. The molecule has 0 amide bonds. The summed E-state index contributed by atoms with van der Waals surface area (Å²) in [7, 11) is -3.35. The zero-order valence-electron chi connectivity index (χ0n) is 7.37. The molecule has 0 aromatic carbocycles. The zero-order valence-corrected chi connectivity index (χ0v) is 8.27. The van der Waals surface area contributed by atoms with E-state index in [1.165, 1.54) is 0 Å². The van der Waals surface area contributed by atoms with E-state index in [0.717, 1.165) is 0 Å². The minimum atomic E-state index is -3.35. The Balaban J connectivity index is 2.86. The SMILES string of the molecule is O=P(=O)O[C@@H]1C(O)[C@H](O)C(O)C(O)[C@@H]1O. The quantitative estimate of drug-likeness (QED) is 0.328. The fourth-order valence-electron chi connectivity index (χ4n) is 1.42. The van der Waals surface area contributed by atoms with Crippen molar-refractivity contribution in [1.82, 2.24) is 0 Å². The van der Waals surface area contributed by atoms with Gasteiger partial charge >= 0.3 is 7.91 Å². The summed E-state index contributed by atoms with van der Waals surface area (Å²) in [5.41, 5.74) is 0. The van der Waals surface area contributed by atoms with Crippen LogP contribution in [0.15, 0.2) is 0 Å². The van der Waals surface area contributed by atoms with Crippen LogP contribution in [0.3, 0.4) is 0 Å². The van der Waals surface area contributed by atoms with Crippen LogP contribution in [-0.4, -0.2) is 62.2 Å². The van der Waals surface area contributed by atoms with Gasteiger partial charge in [-0.05, 0) is 0 Å². The molecule has 6 atom stereocenters. The van der Waals surface area contributed by atoms with E-state index in [1.807, 2.05) is 0 Å². The Morgan fingerprint density at radius 2 is 1.07 bits per heavy atom. The molecular formula is C6H11O8P. The van der Waals surface area contributed by atoms with E-state index in [4.69, 9.17) is 15.3 Å². The smallest absolute Gasteiger partial charge is 0.387 e. The van der Waals surface area contributed by atoms with Crippen molar-refractivity contribution < 1.29 is 39.2 Å². The molecule has 1 saturated carbocycles. The molecule has 0 heterocycles. The molecule has 88 valence electrons. The van der Waals surface area contributed by atoms with Crippen LogP contribution < -0.4 is 0 Å². The van der Waals surface area contributed by atoms with Gasteiger partial charge in [0.05, 0.1) is 0 Å². The van der Waals surface area contributed by atoms with Crippen molar-refractivity contribution in [2.45, 2.75) is 36.6 Å². The van der Waals surface area contributed by atoms with Crippen LogP contribution >= 0.6 is 7.91 Å². The fraction of sp³-hybridized carbons (Fsp3) is 1.00. The van der Waals surface area contributed by atoms with Crippen molar-refractivity contribution in [3.63, 3.8) is 0 Å². The molecule has 15 heavy (non-hydrogen) atoms. The first kappa shape index (κ1) is 12.7. The van der Waals surface area contributed by atoms with E-state index in [2.05, 4.69) is 4.52 Å². The number of rotatable bonds is 2. The second kappa shape index (κ2) is 4.67. The average molecular weight is 242 g/mol. The lowest BCUT2D eigenvalue weighted by Gasteiger charge is -2.40. The highest BCUT2D eigenvalue weighted by Crippen LogP contribution is 2.27. The summed E-state index contributed by atoms with van der Waals surface area (Å²) in [6.07, 6.45) is -10.6. The maximum atomic E-state index is 10.2. The summed E-state index contributed by atoms with van der Waals surface area (Å²) in [4.78, 5) is 0. The first-order valence-electron chi connectivity index (χ1n) is 4.07. The van der Waals surface area contributed by atoms with Gasteiger partial charge < -0.3 is 25.5 Å². The summed E-state index contributed by atoms with van der Waals surface area (Å²) >= 11 is 0. The van der Waals surface area contributed by atoms with Crippen molar-refractivity contribution >= 4 is 7.91 Å². The number of hydrogen-bond donors (Lipinski definition) is 5. The standard InChI is InChI=1S/C6H11O8P/c7-1-2(8)4(10)6(14-15(12)13)5(11)3(1)9/h1-11H/t1?,2-,3?,4?,5+,6-/m1/s1. The molecule has 0 radical (unpaired) electrons. The van der Waals surface area contributed by atoms with Gasteiger partial charge in [-0.2, -0.15) is 0 Å². The lowest BCUT2D eigenvalue weighted by Crippen LogP contribution is -2.63. The number of hydrogen-bond acceptors (Lipinski definition) is 8. The second-order valence-corrected chi connectivity index (χ2v) is 3.90. The first-order chi connectivity index (χ1) is 6.86. The van der Waals surface area contributed by atoms with Crippen LogP contribution in [0.4, 0.5) is 0 Å². The molecule has 0 saturated heterocycles. The first-order valence-corrected chi connectivity index (χ1v) is 5.17. The molecule has 3 unspecified atom stereocenters. The minimum Gasteiger partial charge on any atom is -0.387 e. The highest BCUT2D eigenvalue weighted by atomic mass is 31.1. The van der Waals surface area contributed by atoms with E-state index < -0.39 is 44.5 Å². The molecule has 1 aliphatic rings. The largest absolute Gasteiger partial charge is 0.468 e. The normalized spacial score (nSPS) is 46.5. The Kier molecular flexibility index (Phi) is 3.96. The Labute approximate surface area is 84.6 Å². The van der Waals surface area contributed by atoms with E-state index in [9.17, 15) is 19.3 Å². The lowest BCUT2D eigenvalue weighted by molar-refractivity contribution is -0.216. The van der Waals surface area contributed by atoms with Crippen LogP contribution in [-0.2, 0) is 13.7 Å². The van der Waals surface area contributed by atoms with E-state index in [-0.39, 0.29) is 0 Å². The Hall–Kier alpha value is -0.340. The third-order valence-electron chi connectivity index (χ3n) is 2.28. The monoisotopic (exact) mass is 242 g/mol. The minimum absolute atomic E-state index is 1.69. The van der Waals surface area contributed by atoms with Gasteiger partial charge in [-0.15, -0.1) is 0 Å². The van der Waals surface area contributed by atoms with Crippen molar-refractivity contribution in [2.24, 2.45) is 0 Å². The Bertz CT molecular complexity index is 267. The highest BCUT2D eigenvalue weighted by Gasteiger charge is 2.49. The molecule has 0 spiro atoms. The topological polar surface area (TPSA) is 145 Å². The van der Waals surface area contributed by atoms with Gasteiger partial charge in [-0.1, -0.05) is 0 Å². The van der Waals surface area contributed by atoms with Gasteiger partial charge in [0.15, 0.2) is 0 Å². The van der Waals surface area contributed by atoms with Crippen LogP contribution in [0.25, 0.3) is 0 Å². The van der Waals surface area contributed by atoms with E-state index in [0.29, 0.717) is 0 Å². The molecule has 5 N–H and O–H groups in total. The molecule has 1 rings (SSSR count). The third kappa shape index (κ3) is 2.43. The van der Waals surface area contributed by atoms with Crippen LogP contribution in [0, 0.1) is 0 Å². The van der Waals surface area contributed by atoms with Gasteiger partial charge in [0.2, 0.25) is 0 Å². The summed E-state index contributed by atoms with van der Waals surface area (Å²) in [6.45, 7) is 0. The molecule has 1 aliphatic carbocycles. The summed E-state index contributed by atoms with van der Waals surface area (Å²) < 4.78 is 24.6. The lowest BCUT2D eigenvalue weighted by atomic mass is 9.85. The molecule has 0 aromatic heterocycles. The van der Waals surface area contributed by atoms with Crippen LogP contribution in [0.2, 0.25) is 0 Å². The number of aliphatic hydroxyl groups excluding tert-OH is 5. The van der Waals surface area contributed by atoms with Crippen molar-refractivity contribution in [2.75, 3.05) is 0 Å². The van der Waals surface area contributed by atoms with E-state index >= 15 is 0 Å². The molecule has 1 fully saturated rings. The predicted molar refractivity (Wildman–Crippen MR) is 43.2 cm³/mol. The van der Waals surface area contributed by atoms with Crippen LogP contribution in [0.1, 0.15) is 0 Å². The number of aliphatic hydroxyl groups is 5. The van der Waals surface area contributed by atoms with Gasteiger partial charge in [0.25, 0.3) is 0 Å². The Morgan fingerprint density at radius 1 is 0.733 bits per heavy atom. The molecule has 8 nitrogen and oxygen atoms in total. The molecular weight excluding hydrogens is 231 g/mol. The zero-order chi connectivity index (χ0) is 11.7. The van der Waals surface area contributed by atoms with E-state index in [1.54, 1.807) is 0 Å². The molecule has 0 aromatic rings. The maximum Gasteiger partial charge on any atom is 0.468 e. The molecule has 0 aliphatic heterocycles. The fourth-order valence-corrected chi connectivity index (χ4v) is 1.87. The van der Waals surface area contributed by atoms with Crippen molar-refractivity contribution in [1.29, 1.82) is 0 Å². The van der Waals surface area contributed by atoms with Crippen molar-refractivity contribution in [3.8, 4) is 0 Å². The highest BCUT2D eigenvalue weighted by molar-refractivity contribution is 7.24. The Morgan fingerprint density at radius 3 is 1.40 bits per heavy atom. The van der Waals surface area contributed by atoms with Gasteiger partial charge in [-0.25, -0.2) is 9.13 Å². The van der Waals surface area contributed by atoms with Gasteiger partial charge in [0.1, 0.15) is 36.6 Å². The van der Waals surface area contributed by atoms with Gasteiger partial charge in [0, 0.05) is 0 Å².